The molecule has 0 fully saturated rings. The highest BCUT2D eigenvalue weighted by molar-refractivity contribution is 7.91. The summed E-state index contributed by atoms with van der Waals surface area (Å²) >= 11 is 0. The molecule has 0 aliphatic heterocycles. The molecule has 1 unspecified atom stereocenters. The standard InChI is InChI=1S/C12H15NO3S/c1-9-3-4-12(7-10(9)2)17(15,16)8-11(14)5-6-13/h3-4,7,11,14H,5,8H2,1-2H3. The van der Waals surface area contributed by atoms with Crippen molar-refractivity contribution >= 4 is 9.84 Å². The maximum atomic E-state index is 11.9. The van der Waals surface area contributed by atoms with Gasteiger partial charge in [-0.1, -0.05) is 6.07 Å². The van der Waals surface area contributed by atoms with Gasteiger partial charge in [0.2, 0.25) is 0 Å². The van der Waals surface area contributed by atoms with Crippen LogP contribution < -0.4 is 0 Å². The van der Waals surface area contributed by atoms with Crippen LogP contribution in [0.1, 0.15) is 17.5 Å². The topological polar surface area (TPSA) is 78.2 Å². The summed E-state index contributed by atoms with van der Waals surface area (Å²) in [7, 11) is -3.52. The molecule has 92 valence electrons. The van der Waals surface area contributed by atoms with Crippen LogP contribution in [-0.2, 0) is 9.84 Å². The molecule has 0 aromatic heterocycles. The Labute approximate surface area is 101 Å². The van der Waals surface area contributed by atoms with Crippen molar-refractivity contribution in [3.63, 3.8) is 0 Å². The Bertz CT molecular complexity index is 543. The molecule has 4 nitrogen and oxygen atoms in total. The Morgan fingerprint density at radius 2 is 2.00 bits per heavy atom. The number of hydrogen-bond donors (Lipinski definition) is 1. The number of nitrogens with zero attached hydrogens (tertiary/aromatic N) is 1. The smallest absolute Gasteiger partial charge is 0.180 e. The van der Waals surface area contributed by atoms with Crippen LogP contribution in [0.15, 0.2) is 23.1 Å². The van der Waals surface area contributed by atoms with Crippen LogP contribution in [-0.4, -0.2) is 25.4 Å². The molecule has 0 saturated heterocycles. The molecule has 5 heteroatoms. The minimum Gasteiger partial charge on any atom is -0.391 e. The van der Waals surface area contributed by atoms with Gasteiger partial charge in [-0.25, -0.2) is 8.42 Å². The Kier molecular flexibility index (Phi) is 4.27. The summed E-state index contributed by atoms with van der Waals surface area (Å²) in [5.74, 6) is -0.414. The molecule has 0 amide bonds. The first kappa shape index (κ1) is 13.7. The maximum Gasteiger partial charge on any atom is 0.180 e. The van der Waals surface area contributed by atoms with Crippen molar-refractivity contribution in [1.29, 1.82) is 5.26 Å². The Morgan fingerprint density at radius 3 is 2.53 bits per heavy atom. The highest BCUT2D eigenvalue weighted by atomic mass is 32.2. The van der Waals surface area contributed by atoms with Gasteiger partial charge < -0.3 is 5.11 Å². The zero-order valence-electron chi connectivity index (χ0n) is 9.84. The monoisotopic (exact) mass is 253 g/mol. The quantitative estimate of drug-likeness (QED) is 0.878. The average Bonchev–Trinajstić information content (AvgIpc) is 2.21. The summed E-state index contributed by atoms with van der Waals surface area (Å²) in [6, 6.07) is 6.59. The molecular formula is C12H15NO3S. The summed E-state index contributed by atoms with van der Waals surface area (Å²) in [4.78, 5) is 0.192. The second kappa shape index (κ2) is 5.30. The largest absolute Gasteiger partial charge is 0.391 e. The SMILES string of the molecule is Cc1ccc(S(=O)(=O)CC(O)CC#N)cc1C. The highest BCUT2D eigenvalue weighted by Gasteiger charge is 2.19. The third-order valence-electron chi connectivity index (χ3n) is 2.58. The molecule has 1 aromatic carbocycles. The van der Waals surface area contributed by atoms with Gasteiger partial charge in [0.1, 0.15) is 0 Å². The molecule has 0 aliphatic rings. The van der Waals surface area contributed by atoms with E-state index >= 15 is 0 Å². The van der Waals surface area contributed by atoms with Crippen LogP contribution in [0, 0.1) is 25.2 Å². The van der Waals surface area contributed by atoms with Gasteiger partial charge in [-0.2, -0.15) is 5.26 Å². The van der Waals surface area contributed by atoms with E-state index in [1.165, 1.54) is 6.07 Å². The number of benzene rings is 1. The minimum absolute atomic E-state index is 0.177. The van der Waals surface area contributed by atoms with Crippen LogP contribution in [0.3, 0.4) is 0 Å². The van der Waals surface area contributed by atoms with Gasteiger partial charge in [0, 0.05) is 0 Å². The van der Waals surface area contributed by atoms with Gasteiger partial charge in [-0.05, 0) is 37.1 Å². The van der Waals surface area contributed by atoms with E-state index in [1.54, 1.807) is 18.2 Å². The molecule has 0 bridgehead atoms. The number of sulfone groups is 1. The van der Waals surface area contributed by atoms with Crippen molar-refractivity contribution in [2.75, 3.05) is 5.75 Å². The Hall–Kier alpha value is -1.38. The fourth-order valence-corrected chi connectivity index (χ4v) is 2.87. The first-order valence-electron chi connectivity index (χ1n) is 5.22. The van der Waals surface area contributed by atoms with E-state index in [1.807, 2.05) is 13.8 Å². The summed E-state index contributed by atoms with van der Waals surface area (Å²) in [6.07, 6.45) is -1.31. The van der Waals surface area contributed by atoms with Crippen LogP contribution in [0.2, 0.25) is 0 Å². The van der Waals surface area contributed by atoms with Crippen molar-refractivity contribution in [2.45, 2.75) is 31.3 Å². The third-order valence-corrected chi connectivity index (χ3v) is 4.37. The number of aliphatic hydroxyl groups excluding tert-OH is 1. The lowest BCUT2D eigenvalue weighted by atomic mass is 10.1. The zero-order chi connectivity index (χ0) is 13.1. The van der Waals surface area contributed by atoms with Gasteiger partial charge in [0.05, 0.1) is 29.2 Å². The molecule has 0 radical (unpaired) electrons. The van der Waals surface area contributed by atoms with E-state index in [-0.39, 0.29) is 11.3 Å². The van der Waals surface area contributed by atoms with Crippen molar-refractivity contribution in [1.82, 2.24) is 0 Å². The number of nitriles is 1. The lowest BCUT2D eigenvalue weighted by Gasteiger charge is -2.09. The summed E-state index contributed by atoms with van der Waals surface area (Å²) < 4.78 is 23.8. The second-order valence-electron chi connectivity index (χ2n) is 4.04. The van der Waals surface area contributed by atoms with Crippen LogP contribution in [0.5, 0.6) is 0 Å². The lowest BCUT2D eigenvalue weighted by molar-refractivity contribution is 0.202. The van der Waals surface area contributed by atoms with E-state index in [9.17, 15) is 13.5 Å². The molecule has 1 atom stereocenters. The fourth-order valence-electron chi connectivity index (χ4n) is 1.42. The summed E-state index contributed by atoms with van der Waals surface area (Å²) in [5.41, 5.74) is 1.90. The molecule has 0 aliphatic carbocycles. The zero-order valence-corrected chi connectivity index (χ0v) is 10.7. The van der Waals surface area contributed by atoms with Crippen molar-refractivity contribution in [3.05, 3.63) is 29.3 Å². The molecule has 0 saturated carbocycles. The van der Waals surface area contributed by atoms with E-state index in [0.29, 0.717) is 0 Å². The number of hydrogen-bond acceptors (Lipinski definition) is 4. The maximum absolute atomic E-state index is 11.9. The van der Waals surface area contributed by atoms with Crippen molar-refractivity contribution in [3.8, 4) is 6.07 Å². The van der Waals surface area contributed by atoms with Crippen LogP contribution >= 0.6 is 0 Å². The molecule has 0 spiro atoms. The first-order valence-corrected chi connectivity index (χ1v) is 6.87. The second-order valence-corrected chi connectivity index (χ2v) is 6.08. The molecule has 1 N–H and O–H groups in total. The van der Waals surface area contributed by atoms with Crippen molar-refractivity contribution < 1.29 is 13.5 Å². The predicted molar refractivity (Wildman–Crippen MR) is 64.2 cm³/mol. The van der Waals surface area contributed by atoms with E-state index in [2.05, 4.69) is 0 Å². The molecule has 1 aromatic rings. The molecule has 1 rings (SSSR count). The van der Waals surface area contributed by atoms with Crippen LogP contribution in [0.4, 0.5) is 0 Å². The molecule has 0 heterocycles. The number of aryl methyl sites for hydroxylation is 2. The van der Waals surface area contributed by atoms with E-state index in [0.717, 1.165) is 11.1 Å². The van der Waals surface area contributed by atoms with Crippen molar-refractivity contribution in [2.24, 2.45) is 0 Å². The number of aliphatic hydroxyl groups is 1. The van der Waals surface area contributed by atoms with Gasteiger partial charge >= 0.3 is 0 Å². The normalized spacial score (nSPS) is 13.1. The Balaban J connectivity index is 2.98. The van der Waals surface area contributed by atoms with Gasteiger partial charge in [0.15, 0.2) is 9.84 Å². The molecular weight excluding hydrogens is 238 g/mol. The average molecular weight is 253 g/mol. The minimum atomic E-state index is -3.52. The van der Waals surface area contributed by atoms with Gasteiger partial charge in [-0.3, -0.25) is 0 Å². The van der Waals surface area contributed by atoms with Gasteiger partial charge in [0.25, 0.3) is 0 Å². The highest BCUT2D eigenvalue weighted by Crippen LogP contribution is 2.17. The number of rotatable bonds is 4. The van der Waals surface area contributed by atoms with Gasteiger partial charge in [-0.15, -0.1) is 0 Å². The summed E-state index contributed by atoms with van der Waals surface area (Å²) in [6.45, 7) is 3.73. The summed E-state index contributed by atoms with van der Waals surface area (Å²) in [5, 5.41) is 17.7. The fraction of sp³-hybridized carbons (Fsp3) is 0.417. The van der Waals surface area contributed by atoms with Crippen LogP contribution in [0.25, 0.3) is 0 Å². The first-order chi connectivity index (χ1) is 7.86. The Morgan fingerprint density at radius 1 is 1.35 bits per heavy atom. The molecule has 17 heavy (non-hydrogen) atoms. The third kappa shape index (κ3) is 3.55. The predicted octanol–water partition coefficient (Wildman–Crippen LogP) is 1.35. The van der Waals surface area contributed by atoms with E-state index < -0.39 is 21.7 Å². The van der Waals surface area contributed by atoms with E-state index in [4.69, 9.17) is 5.26 Å². The lowest BCUT2D eigenvalue weighted by Crippen LogP contribution is -2.20.